The summed E-state index contributed by atoms with van der Waals surface area (Å²) >= 11 is 1.61. The molecule has 0 bridgehead atoms. The number of benzene rings is 3. The Morgan fingerprint density at radius 3 is 2.33 bits per heavy atom. The van der Waals surface area contributed by atoms with Crippen LogP contribution in [0.1, 0.15) is 21.5 Å². The Balaban J connectivity index is 1.76. The van der Waals surface area contributed by atoms with Crippen LogP contribution in [0, 0.1) is 6.92 Å². The molecule has 0 saturated heterocycles. The van der Waals surface area contributed by atoms with Gasteiger partial charge in [-0.1, -0.05) is 30.3 Å². The van der Waals surface area contributed by atoms with E-state index in [4.69, 9.17) is 0 Å². The van der Waals surface area contributed by atoms with Crippen LogP contribution in [-0.4, -0.2) is 26.8 Å². The Morgan fingerprint density at radius 1 is 1.00 bits per heavy atom. The summed E-state index contributed by atoms with van der Waals surface area (Å²) in [6, 6.07) is 22.0. The minimum Gasteiger partial charge on any atom is -0.322 e. The number of nitrogens with one attached hydrogen (secondary N) is 1. The minimum absolute atomic E-state index is 0.194. The lowest BCUT2D eigenvalue weighted by molar-refractivity contribution is 0.102. The average Bonchev–Trinajstić information content (AvgIpc) is 2.71. The minimum atomic E-state index is -3.45. The quantitative estimate of drug-likeness (QED) is 0.529. The van der Waals surface area contributed by atoms with Gasteiger partial charge >= 0.3 is 0 Å². The highest BCUT2D eigenvalue weighted by Gasteiger charge is 2.18. The molecular formula is C23H24N2O3S2. The summed E-state index contributed by atoms with van der Waals surface area (Å²) in [7, 11) is -3.45. The third-order valence-corrected chi connectivity index (χ3v) is 6.43. The highest BCUT2D eigenvalue weighted by atomic mass is 32.2. The van der Waals surface area contributed by atoms with E-state index in [1.54, 1.807) is 42.1 Å². The molecule has 156 valence electrons. The maximum Gasteiger partial charge on any atom is 0.255 e. The average molecular weight is 441 g/mol. The van der Waals surface area contributed by atoms with Crippen molar-refractivity contribution in [1.29, 1.82) is 0 Å². The van der Waals surface area contributed by atoms with Crippen LogP contribution in [0.3, 0.4) is 0 Å². The summed E-state index contributed by atoms with van der Waals surface area (Å²) in [5, 5.41) is 2.89. The molecule has 0 fully saturated rings. The van der Waals surface area contributed by atoms with E-state index in [1.165, 1.54) is 10.6 Å². The standard InChI is InChI=1S/C23H24N2O3S2/c1-17-6-4-8-21(14-17)25(30(3,27)28)16-18-10-12-19(13-11-18)23(26)24-20-7-5-9-22(15-20)29-2/h4-15H,16H2,1-3H3,(H,24,26). The molecule has 0 atom stereocenters. The van der Waals surface area contributed by atoms with Gasteiger partial charge in [-0.05, 0) is 66.8 Å². The van der Waals surface area contributed by atoms with Gasteiger partial charge in [0.05, 0.1) is 18.5 Å². The predicted octanol–water partition coefficient (Wildman–Crippen LogP) is 4.94. The first-order chi connectivity index (χ1) is 14.3. The Hall–Kier alpha value is -2.77. The molecule has 3 aromatic rings. The van der Waals surface area contributed by atoms with E-state index >= 15 is 0 Å². The first-order valence-electron chi connectivity index (χ1n) is 9.35. The maximum absolute atomic E-state index is 12.5. The Bertz CT molecular complexity index is 1140. The van der Waals surface area contributed by atoms with Crippen LogP contribution < -0.4 is 9.62 Å². The van der Waals surface area contributed by atoms with Crippen LogP contribution in [0.5, 0.6) is 0 Å². The van der Waals surface area contributed by atoms with Gasteiger partial charge in [0.1, 0.15) is 0 Å². The van der Waals surface area contributed by atoms with Crippen molar-refractivity contribution < 1.29 is 13.2 Å². The second kappa shape index (κ2) is 9.36. The van der Waals surface area contributed by atoms with Gasteiger partial charge < -0.3 is 5.32 Å². The van der Waals surface area contributed by atoms with E-state index in [0.717, 1.165) is 21.7 Å². The fraction of sp³-hybridized carbons (Fsp3) is 0.174. The molecule has 0 spiro atoms. The normalized spacial score (nSPS) is 11.2. The number of carbonyl (C=O) groups excluding carboxylic acids is 1. The lowest BCUT2D eigenvalue weighted by Crippen LogP contribution is -2.29. The number of hydrogen-bond acceptors (Lipinski definition) is 4. The van der Waals surface area contributed by atoms with Gasteiger partial charge in [-0.25, -0.2) is 8.42 Å². The topological polar surface area (TPSA) is 66.5 Å². The van der Waals surface area contributed by atoms with Crippen molar-refractivity contribution in [2.24, 2.45) is 0 Å². The smallest absolute Gasteiger partial charge is 0.255 e. The van der Waals surface area contributed by atoms with E-state index < -0.39 is 10.0 Å². The molecule has 5 nitrogen and oxygen atoms in total. The van der Waals surface area contributed by atoms with Crippen LogP contribution in [0.15, 0.2) is 77.7 Å². The molecule has 1 N–H and O–H groups in total. The van der Waals surface area contributed by atoms with Crippen molar-refractivity contribution in [1.82, 2.24) is 0 Å². The Morgan fingerprint density at radius 2 is 1.70 bits per heavy atom. The largest absolute Gasteiger partial charge is 0.322 e. The second-order valence-electron chi connectivity index (χ2n) is 6.99. The number of thioether (sulfide) groups is 1. The Kier molecular flexibility index (Phi) is 6.84. The molecule has 30 heavy (non-hydrogen) atoms. The summed E-state index contributed by atoms with van der Waals surface area (Å²) in [5.74, 6) is -0.210. The molecular weight excluding hydrogens is 416 g/mol. The number of hydrogen-bond donors (Lipinski definition) is 1. The van der Waals surface area contributed by atoms with Crippen molar-refractivity contribution in [2.45, 2.75) is 18.4 Å². The first-order valence-corrected chi connectivity index (χ1v) is 12.4. The van der Waals surface area contributed by atoms with Crippen molar-refractivity contribution >= 4 is 39.1 Å². The number of rotatable bonds is 7. The van der Waals surface area contributed by atoms with Crippen LogP contribution in [0.25, 0.3) is 0 Å². The van der Waals surface area contributed by atoms with Gasteiger partial charge in [0.15, 0.2) is 0 Å². The van der Waals surface area contributed by atoms with Crippen molar-refractivity contribution in [3.63, 3.8) is 0 Å². The van der Waals surface area contributed by atoms with E-state index in [2.05, 4.69) is 5.32 Å². The second-order valence-corrected chi connectivity index (χ2v) is 9.78. The van der Waals surface area contributed by atoms with Gasteiger partial charge in [-0.3, -0.25) is 9.10 Å². The third-order valence-electron chi connectivity index (χ3n) is 4.56. The lowest BCUT2D eigenvalue weighted by Gasteiger charge is -2.23. The highest BCUT2D eigenvalue weighted by Crippen LogP contribution is 2.23. The van der Waals surface area contributed by atoms with Gasteiger partial charge in [0, 0.05) is 16.1 Å². The monoisotopic (exact) mass is 440 g/mol. The SMILES string of the molecule is CSc1cccc(NC(=O)c2ccc(CN(c3cccc(C)c3)S(C)(=O)=O)cc2)c1. The fourth-order valence-electron chi connectivity index (χ4n) is 3.01. The third kappa shape index (κ3) is 5.64. The summed E-state index contributed by atoms with van der Waals surface area (Å²) < 4.78 is 26.0. The molecule has 0 saturated carbocycles. The lowest BCUT2D eigenvalue weighted by atomic mass is 10.1. The fourth-order valence-corrected chi connectivity index (χ4v) is 4.35. The number of nitrogens with zero attached hydrogens (tertiary/aromatic N) is 1. The van der Waals surface area contributed by atoms with Crippen molar-refractivity contribution in [2.75, 3.05) is 22.1 Å². The van der Waals surface area contributed by atoms with Gasteiger partial charge in [-0.2, -0.15) is 0 Å². The number of sulfonamides is 1. The highest BCUT2D eigenvalue weighted by molar-refractivity contribution is 7.98. The predicted molar refractivity (Wildman–Crippen MR) is 125 cm³/mol. The van der Waals surface area contributed by atoms with E-state index in [-0.39, 0.29) is 12.5 Å². The van der Waals surface area contributed by atoms with Crippen molar-refractivity contribution in [3.8, 4) is 0 Å². The van der Waals surface area contributed by atoms with Crippen LogP contribution in [0.4, 0.5) is 11.4 Å². The van der Waals surface area contributed by atoms with Gasteiger partial charge in [-0.15, -0.1) is 11.8 Å². The zero-order valence-corrected chi connectivity index (χ0v) is 18.8. The summed E-state index contributed by atoms with van der Waals surface area (Å²) in [4.78, 5) is 13.6. The van der Waals surface area contributed by atoms with E-state index in [1.807, 2.05) is 55.6 Å². The van der Waals surface area contributed by atoms with E-state index in [9.17, 15) is 13.2 Å². The summed E-state index contributed by atoms with van der Waals surface area (Å²) in [6.07, 6.45) is 3.18. The summed E-state index contributed by atoms with van der Waals surface area (Å²) in [5.41, 5.74) is 3.64. The van der Waals surface area contributed by atoms with Crippen LogP contribution in [0.2, 0.25) is 0 Å². The molecule has 1 amide bonds. The maximum atomic E-state index is 12.5. The van der Waals surface area contributed by atoms with E-state index in [0.29, 0.717) is 11.3 Å². The Labute approximate surface area is 182 Å². The van der Waals surface area contributed by atoms with Crippen molar-refractivity contribution in [3.05, 3.63) is 89.5 Å². The number of aryl methyl sites for hydroxylation is 1. The molecule has 0 aliphatic heterocycles. The van der Waals surface area contributed by atoms with Crippen LogP contribution >= 0.6 is 11.8 Å². The molecule has 0 radical (unpaired) electrons. The molecule has 3 aromatic carbocycles. The number of amides is 1. The van der Waals surface area contributed by atoms with Gasteiger partial charge in [0.25, 0.3) is 5.91 Å². The molecule has 7 heteroatoms. The molecule has 3 rings (SSSR count). The zero-order chi connectivity index (χ0) is 21.7. The summed E-state index contributed by atoms with van der Waals surface area (Å²) in [6.45, 7) is 2.12. The molecule has 0 aliphatic rings. The zero-order valence-electron chi connectivity index (χ0n) is 17.1. The number of carbonyl (C=O) groups is 1. The molecule has 0 aliphatic carbocycles. The van der Waals surface area contributed by atoms with Crippen LogP contribution in [-0.2, 0) is 16.6 Å². The van der Waals surface area contributed by atoms with Gasteiger partial charge in [0.2, 0.25) is 10.0 Å². The molecule has 0 unspecified atom stereocenters. The number of anilines is 2. The molecule has 0 aromatic heterocycles. The first kappa shape index (κ1) is 21.9. The molecule has 0 heterocycles.